The third-order valence-electron chi connectivity index (χ3n) is 5.24. The number of para-hydroxylation sites is 1. The number of aromatic nitrogens is 3. The number of pyridine rings is 1. The molecular formula is C21H24N4O. The Hall–Kier alpha value is -2.69. The smallest absolute Gasteiger partial charge is 0.255 e. The fourth-order valence-electron chi connectivity index (χ4n) is 3.94. The molecule has 26 heavy (non-hydrogen) atoms. The van der Waals surface area contributed by atoms with Gasteiger partial charge in [-0.2, -0.15) is 5.10 Å². The number of carbonyl (C=O) groups excluding carboxylic acids is 1. The number of nitrogens with zero attached hydrogens (tertiary/aromatic N) is 4. The van der Waals surface area contributed by atoms with E-state index >= 15 is 0 Å². The summed E-state index contributed by atoms with van der Waals surface area (Å²) < 4.78 is 1.81. The van der Waals surface area contributed by atoms with Gasteiger partial charge in [0.05, 0.1) is 22.8 Å². The van der Waals surface area contributed by atoms with E-state index in [9.17, 15) is 4.79 Å². The molecule has 1 saturated heterocycles. The number of hydrogen-bond donors (Lipinski definition) is 0. The van der Waals surface area contributed by atoms with E-state index in [1.807, 2.05) is 67.0 Å². The maximum atomic E-state index is 13.5. The van der Waals surface area contributed by atoms with Crippen LogP contribution in [-0.4, -0.2) is 32.1 Å². The fraction of sp³-hybridized carbons (Fsp3) is 0.381. The number of fused-ring (bicyclic) bond motifs is 1. The van der Waals surface area contributed by atoms with Crippen LogP contribution in [0.5, 0.6) is 0 Å². The predicted molar refractivity (Wildman–Crippen MR) is 102 cm³/mol. The van der Waals surface area contributed by atoms with Crippen molar-refractivity contribution < 1.29 is 4.79 Å². The van der Waals surface area contributed by atoms with Crippen molar-refractivity contribution in [3.63, 3.8) is 0 Å². The Balaban J connectivity index is 1.79. The highest BCUT2D eigenvalue weighted by molar-refractivity contribution is 6.07. The van der Waals surface area contributed by atoms with E-state index in [0.29, 0.717) is 0 Å². The Bertz CT molecular complexity index is 975. The second-order valence-electron chi connectivity index (χ2n) is 7.21. The van der Waals surface area contributed by atoms with Crippen LogP contribution in [0, 0.1) is 13.8 Å². The van der Waals surface area contributed by atoms with Gasteiger partial charge >= 0.3 is 0 Å². The van der Waals surface area contributed by atoms with Crippen LogP contribution in [0.1, 0.15) is 52.6 Å². The second-order valence-corrected chi connectivity index (χ2v) is 7.21. The van der Waals surface area contributed by atoms with Crippen LogP contribution in [0.25, 0.3) is 10.9 Å². The molecule has 3 aromatic rings. The van der Waals surface area contributed by atoms with E-state index in [4.69, 9.17) is 0 Å². The van der Waals surface area contributed by atoms with Gasteiger partial charge in [-0.05, 0) is 50.8 Å². The van der Waals surface area contributed by atoms with Crippen molar-refractivity contribution >= 4 is 16.8 Å². The minimum absolute atomic E-state index is 0.0470. The van der Waals surface area contributed by atoms with Crippen molar-refractivity contribution in [2.75, 3.05) is 6.54 Å². The minimum Gasteiger partial charge on any atom is -0.330 e. The maximum Gasteiger partial charge on any atom is 0.255 e. The van der Waals surface area contributed by atoms with Gasteiger partial charge in [0.15, 0.2) is 0 Å². The SMILES string of the molecule is Cc1cc(C(=O)N2CCCCC2c2ccn(C)n2)c2cccc(C)c2n1. The normalized spacial score (nSPS) is 17.7. The summed E-state index contributed by atoms with van der Waals surface area (Å²) in [6.45, 7) is 4.77. The summed E-state index contributed by atoms with van der Waals surface area (Å²) in [4.78, 5) is 20.2. The van der Waals surface area contributed by atoms with Crippen LogP contribution in [-0.2, 0) is 7.05 Å². The lowest BCUT2D eigenvalue weighted by molar-refractivity contribution is 0.0607. The molecule has 1 fully saturated rings. The molecule has 0 N–H and O–H groups in total. The third-order valence-corrected chi connectivity index (χ3v) is 5.24. The van der Waals surface area contributed by atoms with Gasteiger partial charge < -0.3 is 4.90 Å². The molecule has 0 aliphatic carbocycles. The maximum absolute atomic E-state index is 13.5. The molecule has 0 radical (unpaired) electrons. The van der Waals surface area contributed by atoms with Crippen LogP contribution in [0.4, 0.5) is 0 Å². The summed E-state index contributed by atoms with van der Waals surface area (Å²) in [5.74, 6) is 0.0847. The molecule has 0 saturated carbocycles. The Kier molecular flexibility index (Phi) is 4.23. The molecular weight excluding hydrogens is 324 g/mol. The quantitative estimate of drug-likeness (QED) is 0.704. The molecule has 1 atom stereocenters. The van der Waals surface area contributed by atoms with Crippen LogP contribution in [0.15, 0.2) is 36.5 Å². The van der Waals surface area contributed by atoms with Crippen LogP contribution < -0.4 is 0 Å². The lowest BCUT2D eigenvalue weighted by Crippen LogP contribution is -2.39. The molecule has 1 aliphatic rings. The number of benzene rings is 1. The molecule has 1 aliphatic heterocycles. The van der Waals surface area contributed by atoms with Gasteiger partial charge in [0.2, 0.25) is 0 Å². The standard InChI is InChI=1S/C21H24N4O/c1-14-7-6-8-16-17(13-15(2)22-20(14)16)21(26)25-11-5-4-9-19(25)18-10-12-24(3)23-18/h6-8,10,12-13,19H,4-5,9,11H2,1-3H3. The minimum atomic E-state index is 0.0470. The number of hydrogen-bond acceptors (Lipinski definition) is 3. The number of rotatable bonds is 2. The molecule has 4 rings (SSSR count). The van der Waals surface area contributed by atoms with E-state index in [0.717, 1.165) is 59.2 Å². The molecule has 1 amide bonds. The first-order valence-corrected chi connectivity index (χ1v) is 9.22. The van der Waals surface area contributed by atoms with Crippen molar-refractivity contribution in [2.24, 2.45) is 7.05 Å². The topological polar surface area (TPSA) is 51.0 Å². The molecule has 5 nitrogen and oxygen atoms in total. The summed E-state index contributed by atoms with van der Waals surface area (Å²) in [6.07, 6.45) is 5.07. The van der Waals surface area contributed by atoms with E-state index in [2.05, 4.69) is 10.1 Å². The van der Waals surface area contributed by atoms with Gasteiger partial charge in [-0.25, -0.2) is 0 Å². The van der Waals surface area contributed by atoms with E-state index < -0.39 is 0 Å². The van der Waals surface area contributed by atoms with Gasteiger partial charge in [-0.3, -0.25) is 14.5 Å². The summed E-state index contributed by atoms with van der Waals surface area (Å²) >= 11 is 0. The van der Waals surface area contributed by atoms with Gasteiger partial charge in [0, 0.05) is 30.9 Å². The molecule has 0 spiro atoms. The first-order valence-electron chi connectivity index (χ1n) is 9.22. The van der Waals surface area contributed by atoms with Gasteiger partial charge in [-0.15, -0.1) is 0 Å². The number of amides is 1. The first kappa shape index (κ1) is 16.8. The molecule has 1 aromatic carbocycles. The van der Waals surface area contributed by atoms with Crippen LogP contribution >= 0.6 is 0 Å². The summed E-state index contributed by atoms with van der Waals surface area (Å²) in [5.41, 5.74) is 4.62. The zero-order chi connectivity index (χ0) is 18.3. The van der Waals surface area contributed by atoms with E-state index in [1.54, 1.807) is 0 Å². The molecule has 0 bridgehead atoms. The highest BCUT2D eigenvalue weighted by atomic mass is 16.2. The molecule has 3 heterocycles. The van der Waals surface area contributed by atoms with Crippen LogP contribution in [0.2, 0.25) is 0 Å². The molecule has 1 unspecified atom stereocenters. The number of likely N-dealkylation sites (tertiary alicyclic amines) is 1. The summed E-state index contributed by atoms with van der Waals surface area (Å²) in [5, 5.41) is 5.50. The zero-order valence-corrected chi connectivity index (χ0v) is 15.6. The van der Waals surface area contributed by atoms with Crippen molar-refractivity contribution in [3.05, 3.63) is 59.0 Å². The Morgan fingerprint density at radius 3 is 2.81 bits per heavy atom. The average molecular weight is 348 g/mol. The van der Waals surface area contributed by atoms with Crippen LogP contribution in [0.3, 0.4) is 0 Å². The lowest BCUT2D eigenvalue weighted by atomic mass is 9.97. The summed E-state index contributed by atoms with van der Waals surface area (Å²) in [6, 6.07) is 10.0. The molecule has 134 valence electrons. The highest BCUT2D eigenvalue weighted by Crippen LogP contribution is 2.32. The van der Waals surface area contributed by atoms with E-state index in [1.165, 1.54) is 0 Å². The largest absolute Gasteiger partial charge is 0.330 e. The van der Waals surface area contributed by atoms with Crippen molar-refractivity contribution in [2.45, 2.75) is 39.2 Å². The molecule has 2 aromatic heterocycles. The van der Waals surface area contributed by atoms with Gasteiger partial charge in [0.1, 0.15) is 0 Å². The zero-order valence-electron chi connectivity index (χ0n) is 15.6. The fourth-order valence-corrected chi connectivity index (χ4v) is 3.94. The van der Waals surface area contributed by atoms with Gasteiger partial charge in [-0.1, -0.05) is 18.2 Å². The van der Waals surface area contributed by atoms with Crippen molar-refractivity contribution in [3.8, 4) is 0 Å². The summed E-state index contributed by atoms with van der Waals surface area (Å²) in [7, 11) is 1.92. The first-order chi connectivity index (χ1) is 12.5. The highest BCUT2D eigenvalue weighted by Gasteiger charge is 2.31. The number of aryl methyl sites for hydroxylation is 3. The Labute approximate surface area is 153 Å². The second kappa shape index (κ2) is 6.56. The Morgan fingerprint density at radius 2 is 2.04 bits per heavy atom. The number of piperidine rings is 1. The van der Waals surface area contributed by atoms with E-state index in [-0.39, 0.29) is 11.9 Å². The number of carbonyl (C=O) groups is 1. The van der Waals surface area contributed by atoms with Gasteiger partial charge in [0.25, 0.3) is 5.91 Å². The Morgan fingerprint density at radius 1 is 1.19 bits per heavy atom. The third kappa shape index (κ3) is 2.87. The monoisotopic (exact) mass is 348 g/mol. The average Bonchev–Trinajstić information content (AvgIpc) is 3.07. The lowest BCUT2D eigenvalue weighted by Gasteiger charge is -2.35. The molecule has 5 heteroatoms. The van der Waals surface area contributed by atoms with Crippen molar-refractivity contribution in [1.29, 1.82) is 0 Å². The predicted octanol–water partition coefficient (Wildman–Crippen LogP) is 3.95. The van der Waals surface area contributed by atoms with Crippen molar-refractivity contribution in [1.82, 2.24) is 19.7 Å².